The molecular formula is C9H9NO3. The Labute approximate surface area is 75.0 Å². The van der Waals surface area contributed by atoms with E-state index in [1.165, 1.54) is 0 Å². The van der Waals surface area contributed by atoms with Crippen LogP contribution in [-0.2, 0) is 6.54 Å². The van der Waals surface area contributed by atoms with Gasteiger partial charge in [-0.15, -0.1) is 0 Å². The zero-order valence-corrected chi connectivity index (χ0v) is 6.84. The summed E-state index contributed by atoms with van der Waals surface area (Å²) < 4.78 is 0. The smallest absolute Gasteiger partial charge is 0.258 e. The number of hydrogen-bond donors (Lipinski definition) is 2. The minimum atomic E-state index is -1.71. The van der Waals surface area contributed by atoms with Crippen molar-refractivity contribution < 1.29 is 15.0 Å². The lowest BCUT2D eigenvalue weighted by Gasteiger charge is -2.16. The molecule has 1 aromatic rings. The van der Waals surface area contributed by atoms with Gasteiger partial charge in [0.1, 0.15) is 0 Å². The fourth-order valence-electron chi connectivity index (χ4n) is 1.46. The fraction of sp³-hybridized carbons (Fsp3) is 0.222. The van der Waals surface area contributed by atoms with Gasteiger partial charge in [-0.05, 0) is 11.6 Å². The molecule has 2 rings (SSSR count). The Hall–Kier alpha value is -1.39. The molecule has 1 aliphatic heterocycles. The quantitative estimate of drug-likeness (QED) is 0.592. The lowest BCUT2D eigenvalue weighted by atomic mass is 10.1. The summed E-state index contributed by atoms with van der Waals surface area (Å²) in [5, 5.41) is 17.7. The number of carbonyl (C=O) groups is 1. The number of fused-ring (bicyclic) bond motifs is 1. The summed E-state index contributed by atoms with van der Waals surface area (Å²) in [6.45, 7) is 0.271. The van der Waals surface area contributed by atoms with Crippen molar-refractivity contribution in [3.63, 3.8) is 0 Å². The maximum Gasteiger partial charge on any atom is 0.258 e. The zero-order valence-electron chi connectivity index (χ0n) is 6.84. The van der Waals surface area contributed by atoms with Crippen LogP contribution in [0.4, 0.5) is 0 Å². The van der Waals surface area contributed by atoms with Crippen LogP contribution < -0.4 is 0 Å². The Kier molecular flexibility index (Phi) is 1.79. The molecule has 0 unspecified atom stereocenters. The Bertz CT molecular complexity index is 348. The minimum absolute atomic E-state index is 0.271. The third-order valence-electron chi connectivity index (χ3n) is 2.13. The summed E-state index contributed by atoms with van der Waals surface area (Å²) in [5.74, 6) is -0.328. The first-order valence-electron chi connectivity index (χ1n) is 3.95. The molecule has 0 saturated carbocycles. The van der Waals surface area contributed by atoms with E-state index in [2.05, 4.69) is 0 Å². The number of rotatable bonds is 1. The Morgan fingerprint density at radius 3 is 2.62 bits per heavy atom. The predicted octanol–water partition coefficient (Wildman–Crippen LogP) is -0.0894. The van der Waals surface area contributed by atoms with Crippen LogP contribution in [0.25, 0.3) is 0 Å². The highest BCUT2D eigenvalue weighted by Crippen LogP contribution is 2.22. The van der Waals surface area contributed by atoms with E-state index in [-0.39, 0.29) is 12.5 Å². The maximum atomic E-state index is 11.4. The highest BCUT2D eigenvalue weighted by Gasteiger charge is 2.30. The zero-order chi connectivity index (χ0) is 9.42. The fourth-order valence-corrected chi connectivity index (χ4v) is 1.46. The number of aliphatic hydroxyl groups excluding tert-OH is 1. The van der Waals surface area contributed by atoms with Crippen molar-refractivity contribution in [3.8, 4) is 0 Å². The molecule has 0 aromatic heterocycles. The van der Waals surface area contributed by atoms with Crippen LogP contribution in [0, 0.1) is 0 Å². The SMILES string of the molecule is O=C1c2ccccc2CN1C(O)O. The monoisotopic (exact) mass is 179 g/mol. The van der Waals surface area contributed by atoms with Gasteiger partial charge in [-0.2, -0.15) is 0 Å². The standard InChI is InChI=1S/C9H9NO3/c11-8-7-4-2-1-3-6(7)5-10(8)9(12)13/h1-4,9,12-13H,5H2. The molecule has 0 saturated heterocycles. The van der Waals surface area contributed by atoms with E-state index >= 15 is 0 Å². The molecule has 1 aromatic carbocycles. The lowest BCUT2D eigenvalue weighted by molar-refractivity contribution is -0.135. The second-order valence-corrected chi connectivity index (χ2v) is 2.94. The molecule has 0 aliphatic carbocycles. The van der Waals surface area contributed by atoms with Gasteiger partial charge in [0.2, 0.25) is 6.41 Å². The third-order valence-corrected chi connectivity index (χ3v) is 2.13. The molecule has 13 heavy (non-hydrogen) atoms. The number of aliphatic hydroxyl groups is 2. The maximum absolute atomic E-state index is 11.4. The number of nitrogens with zero attached hydrogens (tertiary/aromatic N) is 1. The number of amides is 1. The molecule has 4 nitrogen and oxygen atoms in total. The number of hydrogen-bond acceptors (Lipinski definition) is 3. The Morgan fingerprint density at radius 2 is 2.00 bits per heavy atom. The van der Waals surface area contributed by atoms with Crippen LogP contribution in [0.1, 0.15) is 15.9 Å². The van der Waals surface area contributed by atoms with Gasteiger partial charge in [-0.25, -0.2) is 0 Å². The van der Waals surface area contributed by atoms with E-state index in [0.29, 0.717) is 5.56 Å². The molecule has 0 fully saturated rings. The summed E-state index contributed by atoms with van der Waals surface area (Å²) in [6, 6.07) is 7.05. The third kappa shape index (κ3) is 1.20. The first kappa shape index (κ1) is 8.22. The molecule has 0 spiro atoms. The van der Waals surface area contributed by atoms with E-state index in [0.717, 1.165) is 10.5 Å². The van der Waals surface area contributed by atoms with E-state index < -0.39 is 6.41 Å². The van der Waals surface area contributed by atoms with E-state index in [4.69, 9.17) is 10.2 Å². The van der Waals surface area contributed by atoms with Gasteiger partial charge in [0.05, 0.1) is 6.54 Å². The largest absolute Gasteiger partial charge is 0.351 e. The summed E-state index contributed by atoms with van der Waals surface area (Å²) >= 11 is 0. The molecule has 0 radical (unpaired) electrons. The van der Waals surface area contributed by atoms with Crippen molar-refractivity contribution in [2.24, 2.45) is 0 Å². The van der Waals surface area contributed by atoms with Gasteiger partial charge < -0.3 is 10.2 Å². The second-order valence-electron chi connectivity index (χ2n) is 2.94. The second kappa shape index (κ2) is 2.83. The first-order chi connectivity index (χ1) is 6.20. The van der Waals surface area contributed by atoms with Gasteiger partial charge in [0, 0.05) is 5.56 Å². The summed E-state index contributed by atoms with van der Waals surface area (Å²) in [6.07, 6.45) is -1.71. The van der Waals surface area contributed by atoms with Crippen LogP contribution in [0.3, 0.4) is 0 Å². The molecule has 68 valence electrons. The van der Waals surface area contributed by atoms with E-state index in [9.17, 15) is 4.79 Å². The topological polar surface area (TPSA) is 60.8 Å². The van der Waals surface area contributed by atoms with Gasteiger partial charge in [-0.3, -0.25) is 9.69 Å². The summed E-state index contributed by atoms with van der Waals surface area (Å²) in [7, 11) is 0. The normalized spacial score (nSPS) is 15.3. The van der Waals surface area contributed by atoms with Crippen LogP contribution in [0.15, 0.2) is 24.3 Å². The van der Waals surface area contributed by atoms with Crippen LogP contribution >= 0.6 is 0 Å². The van der Waals surface area contributed by atoms with Crippen molar-refractivity contribution in [3.05, 3.63) is 35.4 Å². The molecule has 0 bridgehead atoms. The lowest BCUT2D eigenvalue weighted by Crippen LogP contribution is -2.34. The van der Waals surface area contributed by atoms with E-state index in [1.54, 1.807) is 18.2 Å². The van der Waals surface area contributed by atoms with Crippen molar-refractivity contribution in [1.29, 1.82) is 0 Å². The Morgan fingerprint density at radius 1 is 1.31 bits per heavy atom. The summed E-state index contributed by atoms with van der Waals surface area (Å²) in [5.41, 5.74) is 1.39. The molecule has 1 heterocycles. The van der Waals surface area contributed by atoms with Gasteiger partial charge >= 0.3 is 0 Å². The van der Waals surface area contributed by atoms with Crippen LogP contribution in [0.5, 0.6) is 0 Å². The van der Waals surface area contributed by atoms with Crippen molar-refractivity contribution in [1.82, 2.24) is 4.90 Å². The first-order valence-corrected chi connectivity index (χ1v) is 3.95. The highest BCUT2D eigenvalue weighted by atomic mass is 16.5. The van der Waals surface area contributed by atoms with Gasteiger partial charge in [0.25, 0.3) is 5.91 Å². The summed E-state index contributed by atoms with van der Waals surface area (Å²) in [4.78, 5) is 12.4. The van der Waals surface area contributed by atoms with Gasteiger partial charge in [0.15, 0.2) is 0 Å². The molecule has 1 amide bonds. The molecule has 0 atom stereocenters. The van der Waals surface area contributed by atoms with Crippen molar-refractivity contribution in [2.45, 2.75) is 13.0 Å². The van der Waals surface area contributed by atoms with Crippen molar-refractivity contribution >= 4 is 5.91 Å². The molecule has 1 aliphatic rings. The molecular weight excluding hydrogens is 170 g/mol. The van der Waals surface area contributed by atoms with Gasteiger partial charge in [-0.1, -0.05) is 18.2 Å². The average molecular weight is 179 g/mol. The number of benzene rings is 1. The molecule has 2 N–H and O–H groups in total. The van der Waals surface area contributed by atoms with Crippen molar-refractivity contribution in [2.75, 3.05) is 0 Å². The van der Waals surface area contributed by atoms with Crippen LogP contribution in [-0.4, -0.2) is 27.4 Å². The average Bonchev–Trinajstić information content (AvgIpc) is 2.45. The molecule has 4 heteroatoms. The minimum Gasteiger partial charge on any atom is -0.351 e. The predicted molar refractivity (Wildman–Crippen MR) is 44.5 cm³/mol. The highest BCUT2D eigenvalue weighted by molar-refractivity contribution is 5.98. The number of carbonyl (C=O) groups excluding carboxylic acids is 1. The van der Waals surface area contributed by atoms with Crippen LogP contribution in [0.2, 0.25) is 0 Å². The van der Waals surface area contributed by atoms with E-state index in [1.807, 2.05) is 6.07 Å². The Balaban J connectivity index is 2.38.